The predicted molar refractivity (Wildman–Crippen MR) is 66.8 cm³/mol. The fourth-order valence-electron chi connectivity index (χ4n) is 2.24. The summed E-state index contributed by atoms with van der Waals surface area (Å²) in [7, 11) is 0. The molecule has 1 saturated heterocycles. The van der Waals surface area contributed by atoms with E-state index in [0.29, 0.717) is 24.9 Å². The number of halogens is 1. The van der Waals surface area contributed by atoms with Gasteiger partial charge in [0.15, 0.2) is 5.78 Å². The average molecular weight is 251 g/mol. The molecule has 0 atom stereocenters. The molecule has 0 aliphatic carbocycles. The molecule has 1 heterocycles. The first-order valence-electron chi connectivity index (χ1n) is 6.30. The summed E-state index contributed by atoms with van der Waals surface area (Å²) in [6.07, 6.45) is 1.34. The highest BCUT2D eigenvalue weighted by atomic mass is 19.1. The highest BCUT2D eigenvalue weighted by molar-refractivity contribution is 5.82. The van der Waals surface area contributed by atoms with Gasteiger partial charge in [0.1, 0.15) is 5.82 Å². The Morgan fingerprint density at radius 3 is 2.67 bits per heavy atom. The Morgan fingerprint density at radius 2 is 2.00 bits per heavy atom. The maximum atomic E-state index is 13.4. The molecule has 3 nitrogen and oxygen atoms in total. The summed E-state index contributed by atoms with van der Waals surface area (Å²) in [5.74, 6) is -0.295. The van der Waals surface area contributed by atoms with Crippen LogP contribution in [0.2, 0.25) is 0 Å². The number of carbonyl (C=O) groups excluding carboxylic acids is 1. The molecule has 1 aromatic rings. The summed E-state index contributed by atoms with van der Waals surface area (Å²) < 4.78 is 13.4. The van der Waals surface area contributed by atoms with Crippen molar-refractivity contribution in [2.75, 3.05) is 19.6 Å². The molecule has 0 unspecified atom stereocenters. The molecule has 2 rings (SSSR count). The average Bonchev–Trinajstić information content (AvgIpc) is 2.35. The van der Waals surface area contributed by atoms with Gasteiger partial charge in [0.2, 0.25) is 0 Å². The second-order valence-corrected chi connectivity index (χ2v) is 4.81. The van der Waals surface area contributed by atoms with Crippen LogP contribution in [-0.4, -0.2) is 41.5 Å². The van der Waals surface area contributed by atoms with E-state index in [4.69, 9.17) is 0 Å². The summed E-state index contributed by atoms with van der Waals surface area (Å²) in [4.78, 5) is 13.9. The minimum atomic E-state index is -0.320. The number of likely N-dealkylation sites (tertiary alicyclic amines) is 1. The van der Waals surface area contributed by atoms with Crippen molar-refractivity contribution < 1.29 is 14.3 Å². The van der Waals surface area contributed by atoms with Gasteiger partial charge in [-0.1, -0.05) is 18.2 Å². The minimum absolute atomic E-state index is 0.0245. The van der Waals surface area contributed by atoms with Crippen molar-refractivity contribution >= 4 is 5.78 Å². The summed E-state index contributed by atoms with van der Waals surface area (Å²) in [6, 6.07) is 6.38. The molecule has 1 aliphatic rings. The molecule has 0 bridgehead atoms. The number of rotatable bonds is 4. The highest BCUT2D eigenvalue weighted by Crippen LogP contribution is 2.11. The molecule has 4 heteroatoms. The quantitative estimate of drug-likeness (QED) is 0.879. The first-order chi connectivity index (χ1) is 8.65. The van der Waals surface area contributed by atoms with Crippen LogP contribution >= 0.6 is 0 Å². The second-order valence-electron chi connectivity index (χ2n) is 4.81. The van der Waals surface area contributed by atoms with E-state index in [1.54, 1.807) is 18.2 Å². The number of carbonyl (C=O) groups is 1. The van der Waals surface area contributed by atoms with Gasteiger partial charge in [-0.2, -0.15) is 0 Å². The Labute approximate surface area is 106 Å². The zero-order chi connectivity index (χ0) is 13.0. The highest BCUT2D eigenvalue weighted by Gasteiger charge is 2.19. The number of hydrogen-bond donors (Lipinski definition) is 1. The molecular weight excluding hydrogens is 233 g/mol. The van der Waals surface area contributed by atoms with Gasteiger partial charge >= 0.3 is 0 Å². The first-order valence-corrected chi connectivity index (χ1v) is 6.30. The fourth-order valence-corrected chi connectivity index (χ4v) is 2.24. The van der Waals surface area contributed by atoms with Crippen molar-refractivity contribution in [1.29, 1.82) is 0 Å². The zero-order valence-corrected chi connectivity index (χ0v) is 10.3. The lowest BCUT2D eigenvalue weighted by Gasteiger charge is -2.28. The number of Topliss-reactive ketones (excluding diaryl/α,β-unsaturated/α-hetero) is 1. The number of aliphatic hydroxyl groups is 1. The van der Waals surface area contributed by atoms with Crippen LogP contribution in [-0.2, 0) is 11.2 Å². The van der Waals surface area contributed by atoms with Crippen molar-refractivity contribution in [2.24, 2.45) is 0 Å². The zero-order valence-electron chi connectivity index (χ0n) is 10.3. The molecule has 18 heavy (non-hydrogen) atoms. The van der Waals surface area contributed by atoms with Gasteiger partial charge < -0.3 is 5.11 Å². The van der Waals surface area contributed by atoms with Crippen LogP contribution in [0.5, 0.6) is 0 Å². The molecular formula is C14H18FNO2. The number of piperidine rings is 1. The van der Waals surface area contributed by atoms with Crippen molar-refractivity contribution in [3.8, 4) is 0 Å². The van der Waals surface area contributed by atoms with E-state index in [9.17, 15) is 14.3 Å². The Balaban J connectivity index is 1.84. The summed E-state index contributed by atoms with van der Waals surface area (Å²) in [5, 5.41) is 9.37. The smallest absolute Gasteiger partial charge is 0.151 e. The Kier molecular flexibility index (Phi) is 4.44. The minimum Gasteiger partial charge on any atom is -0.393 e. The number of benzene rings is 1. The maximum Gasteiger partial charge on any atom is 0.151 e. The number of hydrogen-bond acceptors (Lipinski definition) is 3. The van der Waals surface area contributed by atoms with Crippen LogP contribution in [0.15, 0.2) is 24.3 Å². The number of ketones is 1. The normalized spacial score (nSPS) is 17.9. The predicted octanol–water partition coefficient (Wildman–Crippen LogP) is 1.39. The van der Waals surface area contributed by atoms with Gasteiger partial charge in [-0.3, -0.25) is 9.69 Å². The lowest BCUT2D eigenvalue weighted by atomic mass is 10.1. The third kappa shape index (κ3) is 3.62. The monoisotopic (exact) mass is 251 g/mol. The van der Waals surface area contributed by atoms with Crippen molar-refractivity contribution in [2.45, 2.75) is 25.4 Å². The maximum absolute atomic E-state index is 13.4. The van der Waals surface area contributed by atoms with Gasteiger partial charge in [-0.25, -0.2) is 4.39 Å². The van der Waals surface area contributed by atoms with Gasteiger partial charge in [-0.15, -0.1) is 0 Å². The van der Waals surface area contributed by atoms with Crippen LogP contribution in [0.1, 0.15) is 18.4 Å². The molecule has 1 fully saturated rings. The molecule has 0 radical (unpaired) electrons. The van der Waals surface area contributed by atoms with E-state index in [-0.39, 0.29) is 24.1 Å². The Hall–Kier alpha value is -1.26. The van der Waals surface area contributed by atoms with E-state index < -0.39 is 0 Å². The molecule has 1 N–H and O–H groups in total. The van der Waals surface area contributed by atoms with Gasteiger partial charge in [0, 0.05) is 19.5 Å². The van der Waals surface area contributed by atoms with E-state index in [0.717, 1.165) is 13.1 Å². The summed E-state index contributed by atoms with van der Waals surface area (Å²) in [6.45, 7) is 1.83. The second kappa shape index (κ2) is 6.07. The number of aliphatic hydroxyl groups excluding tert-OH is 1. The van der Waals surface area contributed by atoms with E-state index in [2.05, 4.69) is 0 Å². The number of nitrogens with zero attached hydrogens (tertiary/aromatic N) is 1. The van der Waals surface area contributed by atoms with E-state index in [1.165, 1.54) is 6.07 Å². The van der Waals surface area contributed by atoms with Crippen molar-refractivity contribution in [3.63, 3.8) is 0 Å². The molecule has 0 amide bonds. The molecule has 0 saturated carbocycles. The molecule has 98 valence electrons. The lowest BCUT2D eigenvalue weighted by molar-refractivity contribution is -0.120. The SMILES string of the molecule is O=C(Cc1ccccc1F)CN1CCC(O)CC1. The van der Waals surface area contributed by atoms with Gasteiger partial charge in [0.05, 0.1) is 12.6 Å². The van der Waals surface area contributed by atoms with Crippen LogP contribution < -0.4 is 0 Å². The van der Waals surface area contributed by atoms with Crippen molar-refractivity contribution in [1.82, 2.24) is 4.90 Å². The van der Waals surface area contributed by atoms with Crippen LogP contribution in [0, 0.1) is 5.82 Å². The van der Waals surface area contributed by atoms with Crippen LogP contribution in [0.3, 0.4) is 0 Å². The molecule has 1 aliphatic heterocycles. The summed E-state index contributed by atoms with van der Waals surface area (Å²) >= 11 is 0. The van der Waals surface area contributed by atoms with Crippen LogP contribution in [0.25, 0.3) is 0 Å². The lowest BCUT2D eigenvalue weighted by Crippen LogP contribution is -2.39. The topological polar surface area (TPSA) is 40.5 Å². The summed E-state index contributed by atoms with van der Waals surface area (Å²) in [5.41, 5.74) is 0.458. The van der Waals surface area contributed by atoms with E-state index in [1.807, 2.05) is 4.90 Å². The van der Waals surface area contributed by atoms with Gasteiger partial charge in [-0.05, 0) is 24.5 Å². The third-order valence-corrected chi connectivity index (χ3v) is 3.30. The largest absolute Gasteiger partial charge is 0.393 e. The Morgan fingerprint density at radius 1 is 1.33 bits per heavy atom. The molecule has 1 aromatic carbocycles. The fraction of sp³-hybridized carbons (Fsp3) is 0.500. The molecule has 0 spiro atoms. The third-order valence-electron chi connectivity index (χ3n) is 3.30. The Bertz CT molecular complexity index is 414. The van der Waals surface area contributed by atoms with Gasteiger partial charge in [0.25, 0.3) is 0 Å². The van der Waals surface area contributed by atoms with E-state index >= 15 is 0 Å². The van der Waals surface area contributed by atoms with Crippen LogP contribution in [0.4, 0.5) is 4.39 Å². The first kappa shape index (κ1) is 13.2. The molecule has 0 aromatic heterocycles. The standard InChI is InChI=1S/C14H18FNO2/c15-14-4-2-1-3-11(14)9-13(18)10-16-7-5-12(17)6-8-16/h1-4,12,17H,5-10H2. The van der Waals surface area contributed by atoms with Crippen molar-refractivity contribution in [3.05, 3.63) is 35.6 Å².